The van der Waals surface area contributed by atoms with E-state index in [0.717, 1.165) is 19.8 Å². The third kappa shape index (κ3) is 1.86. The highest BCUT2D eigenvalue weighted by Crippen LogP contribution is 2.43. The molecule has 1 atom stereocenters. The number of halogens is 1. The first-order valence-corrected chi connectivity index (χ1v) is 5.24. The molecule has 1 unspecified atom stereocenters. The minimum absolute atomic E-state index is 0.248. The van der Waals surface area contributed by atoms with Crippen molar-refractivity contribution in [2.45, 2.75) is 37.9 Å². The molecule has 76 valence electrons. The van der Waals surface area contributed by atoms with Gasteiger partial charge in [0.25, 0.3) is 0 Å². The van der Waals surface area contributed by atoms with E-state index in [9.17, 15) is 4.39 Å². The minimum Gasteiger partial charge on any atom is -0.378 e. The Hall–Kier alpha value is -0.150. The molecule has 1 saturated heterocycles. The summed E-state index contributed by atoms with van der Waals surface area (Å²) in [4.78, 5) is 2.30. The van der Waals surface area contributed by atoms with Gasteiger partial charge >= 0.3 is 0 Å². The van der Waals surface area contributed by atoms with Gasteiger partial charge in [0.1, 0.15) is 6.17 Å². The first kappa shape index (κ1) is 9.41. The Morgan fingerprint density at radius 2 is 2.31 bits per heavy atom. The van der Waals surface area contributed by atoms with Gasteiger partial charge in [-0.1, -0.05) is 6.92 Å². The van der Waals surface area contributed by atoms with Crippen molar-refractivity contribution < 1.29 is 9.13 Å². The maximum Gasteiger partial charge on any atom is 0.113 e. The lowest BCUT2D eigenvalue weighted by atomic mass is 10.1. The molecule has 2 rings (SSSR count). The molecule has 1 heterocycles. The van der Waals surface area contributed by atoms with E-state index in [4.69, 9.17) is 4.74 Å². The number of hydrogen-bond donors (Lipinski definition) is 0. The minimum atomic E-state index is -0.657. The van der Waals surface area contributed by atoms with Gasteiger partial charge in [-0.25, -0.2) is 4.39 Å². The van der Waals surface area contributed by atoms with Gasteiger partial charge in [0.05, 0.1) is 13.2 Å². The Morgan fingerprint density at radius 1 is 1.54 bits per heavy atom. The van der Waals surface area contributed by atoms with Crippen LogP contribution in [0, 0.1) is 0 Å². The monoisotopic (exact) mass is 187 g/mol. The van der Waals surface area contributed by atoms with E-state index < -0.39 is 6.17 Å². The fourth-order valence-electron chi connectivity index (χ4n) is 2.02. The molecule has 0 radical (unpaired) electrons. The van der Waals surface area contributed by atoms with E-state index in [1.165, 1.54) is 12.8 Å². The Labute approximate surface area is 79.1 Å². The van der Waals surface area contributed by atoms with Crippen LogP contribution >= 0.6 is 0 Å². The summed E-state index contributed by atoms with van der Waals surface area (Å²) < 4.78 is 18.6. The zero-order valence-corrected chi connectivity index (χ0v) is 8.26. The van der Waals surface area contributed by atoms with Crippen LogP contribution in [0.4, 0.5) is 4.39 Å². The molecule has 2 fully saturated rings. The van der Waals surface area contributed by atoms with Crippen molar-refractivity contribution in [2.75, 3.05) is 26.3 Å². The lowest BCUT2D eigenvalue weighted by molar-refractivity contribution is -0.0297. The first-order valence-electron chi connectivity index (χ1n) is 5.24. The summed E-state index contributed by atoms with van der Waals surface area (Å²) in [5, 5.41) is 0. The molecule has 0 aromatic heterocycles. The zero-order valence-electron chi connectivity index (χ0n) is 8.26. The number of alkyl halides is 1. The molecule has 0 aromatic carbocycles. The van der Waals surface area contributed by atoms with Crippen molar-refractivity contribution in [3.05, 3.63) is 0 Å². The highest BCUT2D eigenvalue weighted by Gasteiger charge is 2.50. The molecular formula is C10H18FNO. The number of rotatable bonds is 3. The molecular weight excluding hydrogens is 169 g/mol. The van der Waals surface area contributed by atoms with Crippen molar-refractivity contribution in [1.82, 2.24) is 4.90 Å². The second kappa shape index (κ2) is 3.54. The average molecular weight is 187 g/mol. The third-order valence-corrected chi connectivity index (χ3v) is 3.24. The number of morpholine rings is 1. The summed E-state index contributed by atoms with van der Waals surface area (Å²) in [5.41, 5.74) is 0.248. The molecule has 2 nitrogen and oxygen atoms in total. The second-order valence-corrected chi connectivity index (χ2v) is 4.23. The van der Waals surface area contributed by atoms with E-state index in [1.54, 1.807) is 0 Å². The molecule has 1 aliphatic carbocycles. The van der Waals surface area contributed by atoms with Gasteiger partial charge in [-0.05, 0) is 19.3 Å². The normalized spacial score (nSPS) is 29.1. The predicted octanol–water partition coefficient (Wildman–Crippen LogP) is 1.60. The van der Waals surface area contributed by atoms with Crippen molar-refractivity contribution in [1.29, 1.82) is 0 Å². The molecule has 13 heavy (non-hydrogen) atoms. The molecule has 0 aromatic rings. The fourth-order valence-corrected chi connectivity index (χ4v) is 2.02. The van der Waals surface area contributed by atoms with Gasteiger partial charge in [-0.3, -0.25) is 4.90 Å². The highest BCUT2D eigenvalue weighted by atomic mass is 19.1. The molecule has 0 N–H and O–H groups in total. The van der Waals surface area contributed by atoms with Gasteiger partial charge in [0.2, 0.25) is 0 Å². The molecule has 0 bridgehead atoms. The zero-order chi connectivity index (χ0) is 9.31. The van der Waals surface area contributed by atoms with Crippen LogP contribution in [-0.2, 0) is 4.74 Å². The fraction of sp³-hybridized carbons (Fsp3) is 1.00. The van der Waals surface area contributed by atoms with Crippen molar-refractivity contribution in [3.8, 4) is 0 Å². The lowest BCUT2D eigenvalue weighted by Crippen LogP contribution is -2.49. The van der Waals surface area contributed by atoms with Crippen LogP contribution in [-0.4, -0.2) is 42.9 Å². The van der Waals surface area contributed by atoms with Gasteiger partial charge in [0, 0.05) is 18.6 Å². The van der Waals surface area contributed by atoms with E-state index in [-0.39, 0.29) is 5.54 Å². The van der Waals surface area contributed by atoms with Gasteiger partial charge in [-0.2, -0.15) is 0 Å². The number of hydrogen-bond acceptors (Lipinski definition) is 2. The van der Waals surface area contributed by atoms with Gasteiger partial charge in [-0.15, -0.1) is 0 Å². The van der Waals surface area contributed by atoms with Gasteiger partial charge < -0.3 is 4.74 Å². The van der Waals surface area contributed by atoms with Gasteiger partial charge in [0.15, 0.2) is 0 Å². The maximum absolute atomic E-state index is 13.2. The Balaban J connectivity index is 1.89. The summed E-state index contributed by atoms with van der Waals surface area (Å²) in [5.74, 6) is 0. The Kier molecular flexibility index (Phi) is 2.56. The third-order valence-electron chi connectivity index (χ3n) is 3.24. The van der Waals surface area contributed by atoms with Crippen molar-refractivity contribution in [2.24, 2.45) is 0 Å². The van der Waals surface area contributed by atoms with Crippen LogP contribution in [0.15, 0.2) is 0 Å². The number of nitrogens with zero attached hydrogens (tertiary/aromatic N) is 1. The topological polar surface area (TPSA) is 12.5 Å². The molecule has 1 spiro atoms. The molecule has 0 amide bonds. The summed E-state index contributed by atoms with van der Waals surface area (Å²) in [6, 6.07) is 0. The van der Waals surface area contributed by atoms with E-state index >= 15 is 0 Å². The van der Waals surface area contributed by atoms with Crippen LogP contribution in [0.3, 0.4) is 0 Å². The van der Waals surface area contributed by atoms with E-state index in [2.05, 4.69) is 4.90 Å². The van der Waals surface area contributed by atoms with Crippen LogP contribution in [0.2, 0.25) is 0 Å². The summed E-state index contributed by atoms with van der Waals surface area (Å²) in [6.45, 7) is 5.03. The van der Waals surface area contributed by atoms with Crippen LogP contribution in [0.5, 0.6) is 0 Å². The predicted molar refractivity (Wildman–Crippen MR) is 49.5 cm³/mol. The summed E-state index contributed by atoms with van der Waals surface area (Å²) in [6.07, 6.45) is 2.37. The SMILES string of the molecule is CCC(F)CN1CCOCC12CC2. The lowest BCUT2D eigenvalue weighted by Gasteiger charge is -2.36. The molecule has 1 saturated carbocycles. The highest BCUT2D eigenvalue weighted by molar-refractivity contribution is 5.05. The standard InChI is InChI=1S/C10H18FNO/c1-2-9(11)7-12-5-6-13-8-10(12)3-4-10/h9H,2-8H2,1H3. The first-order chi connectivity index (χ1) is 6.27. The molecule has 2 aliphatic rings. The largest absolute Gasteiger partial charge is 0.378 e. The molecule has 3 heteroatoms. The van der Waals surface area contributed by atoms with Crippen molar-refractivity contribution >= 4 is 0 Å². The van der Waals surface area contributed by atoms with Crippen LogP contribution in [0.1, 0.15) is 26.2 Å². The summed E-state index contributed by atoms with van der Waals surface area (Å²) in [7, 11) is 0. The van der Waals surface area contributed by atoms with Crippen LogP contribution in [0.25, 0.3) is 0 Å². The smallest absolute Gasteiger partial charge is 0.113 e. The number of ether oxygens (including phenoxy) is 1. The second-order valence-electron chi connectivity index (χ2n) is 4.23. The van der Waals surface area contributed by atoms with Crippen LogP contribution < -0.4 is 0 Å². The van der Waals surface area contributed by atoms with Crippen molar-refractivity contribution in [3.63, 3.8) is 0 Å². The quantitative estimate of drug-likeness (QED) is 0.665. The summed E-state index contributed by atoms with van der Waals surface area (Å²) >= 11 is 0. The van der Waals surface area contributed by atoms with E-state index in [0.29, 0.717) is 13.0 Å². The maximum atomic E-state index is 13.2. The molecule has 1 aliphatic heterocycles. The Bertz CT molecular complexity index is 182. The average Bonchev–Trinajstić information content (AvgIpc) is 2.90. The Morgan fingerprint density at radius 3 is 2.92 bits per heavy atom. The van der Waals surface area contributed by atoms with E-state index in [1.807, 2.05) is 6.92 Å².